The Kier molecular flexibility index (Phi) is 1.94. The maximum atomic E-state index is 10.9. The summed E-state index contributed by atoms with van der Waals surface area (Å²) in [5.41, 5.74) is 7.96. The molecule has 1 saturated carbocycles. The number of nitrogens with two attached hydrogens (primary N) is 1. The molecule has 1 aromatic rings. The van der Waals surface area contributed by atoms with Crippen molar-refractivity contribution in [2.45, 2.75) is 12.3 Å². The van der Waals surface area contributed by atoms with E-state index >= 15 is 0 Å². The molecule has 2 aliphatic rings. The second-order valence-corrected chi connectivity index (χ2v) is 5.31. The van der Waals surface area contributed by atoms with Crippen LogP contribution in [0.15, 0.2) is 24.3 Å². The third-order valence-electron chi connectivity index (χ3n) is 4.53. The molecular formula is C13H16N2O2. The number of rotatable bonds is 1. The van der Waals surface area contributed by atoms with E-state index in [4.69, 9.17) is 10.8 Å². The van der Waals surface area contributed by atoms with Gasteiger partial charge in [-0.25, -0.2) is 4.79 Å². The fourth-order valence-corrected chi connectivity index (χ4v) is 3.34. The Morgan fingerprint density at radius 3 is 2.65 bits per heavy atom. The van der Waals surface area contributed by atoms with Gasteiger partial charge in [-0.3, -0.25) is 0 Å². The van der Waals surface area contributed by atoms with Crippen LogP contribution in [-0.2, 0) is 5.41 Å². The number of piperidine rings is 1. The van der Waals surface area contributed by atoms with Crippen LogP contribution < -0.4 is 5.73 Å². The van der Waals surface area contributed by atoms with Gasteiger partial charge in [-0.2, -0.15) is 0 Å². The monoisotopic (exact) mass is 232 g/mol. The van der Waals surface area contributed by atoms with Crippen molar-refractivity contribution in [3.8, 4) is 0 Å². The first kappa shape index (κ1) is 10.4. The first-order chi connectivity index (χ1) is 8.03. The summed E-state index contributed by atoms with van der Waals surface area (Å²) in [7, 11) is 0. The molecule has 4 nitrogen and oxygen atoms in total. The van der Waals surface area contributed by atoms with E-state index in [0.29, 0.717) is 24.9 Å². The molecule has 17 heavy (non-hydrogen) atoms. The lowest BCUT2D eigenvalue weighted by molar-refractivity contribution is 0.147. The van der Waals surface area contributed by atoms with Crippen molar-refractivity contribution in [2.75, 3.05) is 18.8 Å². The maximum Gasteiger partial charge on any atom is 0.407 e. The number of amides is 1. The predicted molar refractivity (Wildman–Crippen MR) is 64.8 cm³/mol. The molecule has 1 saturated heterocycles. The Hall–Kier alpha value is -1.71. The van der Waals surface area contributed by atoms with E-state index in [9.17, 15) is 4.79 Å². The number of benzene rings is 1. The van der Waals surface area contributed by atoms with Gasteiger partial charge in [0.15, 0.2) is 0 Å². The van der Waals surface area contributed by atoms with Crippen LogP contribution in [0.2, 0.25) is 0 Å². The highest BCUT2D eigenvalue weighted by Gasteiger charge is 2.66. The molecule has 3 N–H and O–H groups in total. The molecule has 3 rings (SSSR count). The molecule has 2 fully saturated rings. The summed E-state index contributed by atoms with van der Waals surface area (Å²) in [6.07, 6.45) is -0.799. The van der Waals surface area contributed by atoms with Crippen molar-refractivity contribution in [1.82, 2.24) is 4.90 Å². The minimum absolute atomic E-state index is 0.126. The maximum absolute atomic E-state index is 10.9. The number of nitrogen functional groups attached to an aromatic ring is 1. The first-order valence-corrected chi connectivity index (χ1v) is 5.87. The second-order valence-electron chi connectivity index (χ2n) is 5.31. The van der Waals surface area contributed by atoms with Gasteiger partial charge in [0.25, 0.3) is 0 Å². The zero-order valence-electron chi connectivity index (χ0n) is 9.76. The van der Waals surface area contributed by atoms with E-state index < -0.39 is 6.09 Å². The van der Waals surface area contributed by atoms with E-state index in [1.165, 1.54) is 10.5 Å². The molecule has 1 heterocycles. The minimum Gasteiger partial charge on any atom is -0.465 e. The zero-order valence-corrected chi connectivity index (χ0v) is 9.76. The topological polar surface area (TPSA) is 66.6 Å². The molecule has 2 atom stereocenters. The Labute approximate surface area is 100 Å². The molecule has 4 heteroatoms. The van der Waals surface area contributed by atoms with Crippen molar-refractivity contribution in [1.29, 1.82) is 0 Å². The van der Waals surface area contributed by atoms with Gasteiger partial charge in [0, 0.05) is 24.2 Å². The van der Waals surface area contributed by atoms with E-state index in [2.05, 4.69) is 13.0 Å². The number of carboxylic acid groups (broad SMARTS) is 1. The van der Waals surface area contributed by atoms with E-state index in [1.807, 2.05) is 18.2 Å². The zero-order chi connectivity index (χ0) is 12.2. The molecule has 1 amide bonds. The molecule has 1 aromatic carbocycles. The van der Waals surface area contributed by atoms with Crippen molar-refractivity contribution >= 4 is 11.8 Å². The fourth-order valence-electron chi connectivity index (χ4n) is 3.34. The smallest absolute Gasteiger partial charge is 0.407 e. The van der Waals surface area contributed by atoms with Crippen LogP contribution in [-0.4, -0.2) is 29.2 Å². The second kappa shape index (κ2) is 3.15. The van der Waals surface area contributed by atoms with Crippen molar-refractivity contribution < 1.29 is 9.90 Å². The summed E-state index contributed by atoms with van der Waals surface area (Å²) in [6, 6.07) is 7.97. The van der Waals surface area contributed by atoms with Crippen LogP contribution in [0.3, 0.4) is 0 Å². The van der Waals surface area contributed by atoms with Crippen LogP contribution >= 0.6 is 0 Å². The van der Waals surface area contributed by atoms with E-state index in [1.54, 1.807) is 0 Å². The largest absolute Gasteiger partial charge is 0.465 e. The Balaban J connectivity index is 1.82. The standard InChI is InChI=1S/C13H16N2O2/c1-13(8-3-2-4-9(14)5-8)10-6-15(12(16)17)7-11(10)13/h2-5,10-11H,6-7,14H2,1H3,(H,16,17). The first-order valence-electron chi connectivity index (χ1n) is 5.87. The van der Waals surface area contributed by atoms with Gasteiger partial charge in [0.05, 0.1) is 0 Å². The van der Waals surface area contributed by atoms with Crippen molar-refractivity contribution in [2.24, 2.45) is 11.8 Å². The lowest BCUT2D eigenvalue weighted by atomic mass is 9.92. The van der Waals surface area contributed by atoms with Crippen molar-refractivity contribution in [3.63, 3.8) is 0 Å². The average Bonchev–Trinajstić information content (AvgIpc) is 2.70. The fraction of sp³-hybridized carbons (Fsp3) is 0.462. The normalized spacial score (nSPS) is 34.5. The van der Waals surface area contributed by atoms with Gasteiger partial charge in [-0.1, -0.05) is 19.1 Å². The SMILES string of the molecule is CC1(c2cccc(N)c2)C2CN(C(=O)O)CC21. The van der Waals surface area contributed by atoms with Gasteiger partial charge in [0.2, 0.25) is 0 Å². The molecule has 2 unspecified atom stereocenters. The molecule has 1 aliphatic heterocycles. The van der Waals surface area contributed by atoms with Gasteiger partial charge in [-0.05, 0) is 29.5 Å². The summed E-state index contributed by atoms with van der Waals surface area (Å²) >= 11 is 0. The number of likely N-dealkylation sites (tertiary alicyclic amines) is 1. The molecule has 90 valence electrons. The van der Waals surface area contributed by atoms with Gasteiger partial charge >= 0.3 is 6.09 Å². The summed E-state index contributed by atoms with van der Waals surface area (Å²) in [4.78, 5) is 12.4. The third kappa shape index (κ3) is 1.33. The van der Waals surface area contributed by atoms with Gasteiger partial charge in [-0.15, -0.1) is 0 Å². The highest BCUT2D eigenvalue weighted by molar-refractivity contribution is 5.66. The van der Waals surface area contributed by atoms with Gasteiger partial charge < -0.3 is 15.7 Å². The number of anilines is 1. The average molecular weight is 232 g/mol. The van der Waals surface area contributed by atoms with Crippen LogP contribution in [0.4, 0.5) is 10.5 Å². The minimum atomic E-state index is -0.799. The highest BCUT2D eigenvalue weighted by Crippen LogP contribution is 2.63. The number of hydrogen-bond acceptors (Lipinski definition) is 2. The lowest BCUT2D eigenvalue weighted by Gasteiger charge is -2.22. The van der Waals surface area contributed by atoms with Crippen LogP contribution in [0.25, 0.3) is 0 Å². The van der Waals surface area contributed by atoms with Crippen molar-refractivity contribution in [3.05, 3.63) is 29.8 Å². The van der Waals surface area contributed by atoms with Crippen LogP contribution in [0, 0.1) is 11.8 Å². The van der Waals surface area contributed by atoms with Gasteiger partial charge in [0.1, 0.15) is 0 Å². The molecule has 0 aromatic heterocycles. The molecule has 0 spiro atoms. The molecule has 1 aliphatic carbocycles. The van der Waals surface area contributed by atoms with Crippen LogP contribution in [0.1, 0.15) is 12.5 Å². The van der Waals surface area contributed by atoms with E-state index in [-0.39, 0.29) is 5.41 Å². The summed E-state index contributed by atoms with van der Waals surface area (Å²) in [5.74, 6) is 0.917. The number of hydrogen-bond donors (Lipinski definition) is 2. The number of fused-ring (bicyclic) bond motifs is 1. The summed E-state index contributed by atoms with van der Waals surface area (Å²) < 4.78 is 0. The number of carbonyl (C=O) groups is 1. The van der Waals surface area contributed by atoms with E-state index in [0.717, 1.165) is 5.69 Å². The quantitative estimate of drug-likeness (QED) is 0.725. The van der Waals surface area contributed by atoms with Crippen LogP contribution in [0.5, 0.6) is 0 Å². The Bertz CT molecular complexity index is 474. The number of nitrogens with zero attached hydrogens (tertiary/aromatic N) is 1. The lowest BCUT2D eigenvalue weighted by Crippen LogP contribution is -2.33. The molecule has 0 radical (unpaired) electrons. The molecular weight excluding hydrogens is 216 g/mol. The summed E-state index contributed by atoms with van der Waals surface area (Å²) in [6.45, 7) is 3.53. The Morgan fingerprint density at radius 2 is 2.12 bits per heavy atom. The third-order valence-corrected chi connectivity index (χ3v) is 4.53. The summed E-state index contributed by atoms with van der Waals surface area (Å²) in [5, 5.41) is 8.94. The molecule has 0 bridgehead atoms. The predicted octanol–water partition coefficient (Wildman–Crippen LogP) is 1.77. The Morgan fingerprint density at radius 1 is 1.47 bits per heavy atom. The highest BCUT2D eigenvalue weighted by atomic mass is 16.4.